The summed E-state index contributed by atoms with van der Waals surface area (Å²) in [5, 5.41) is 3.11. The smallest absolute Gasteiger partial charge is 0.148 e. The molecule has 0 saturated carbocycles. The van der Waals surface area contributed by atoms with E-state index in [-0.39, 0.29) is 5.75 Å². The molecule has 0 bridgehead atoms. The summed E-state index contributed by atoms with van der Waals surface area (Å²) in [4.78, 5) is 2.46. The number of hydrogen-bond acceptors (Lipinski definition) is 4. The average molecular weight is 312 g/mol. The molecular formula is C9H14BrNO2S2. The van der Waals surface area contributed by atoms with Crippen molar-refractivity contribution in [2.45, 2.75) is 13.5 Å². The van der Waals surface area contributed by atoms with Crippen molar-refractivity contribution in [3.05, 3.63) is 20.3 Å². The van der Waals surface area contributed by atoms with Crippen LogP contribution in [0.1, 0.15) is 9.75 Å². The van der Waals surface area contributed by atoms with Crippen LogP contribution in [0.25, 0.3) is 0 Å². The number of sulfone groups is 1. The number of aryl methyl sites for hydroxylation is 1. The molecule has 0 unspecified atom stereocenters. The molecule has 0 amide bonds. The Morgan fingerprint density at radius 3 is 2.67 bits per heavy atom. The monoisotopic (exact) mass is 311 g/mol. The highest BCUT2D eigenvalue weighted by atomic mass is 79.9. The molecule has 0 aliphatic rings. The van der Waals surface area contributed by atoms with Gasteiger partial charge >= 0.3 is 0 Å². The van der Waals surface area contributed by atoms with Crippen LogP contribution in [0.2, 0.25) is 0 Å². The molecule has 86 valence electrons. The summed E-state index contributed by atoms with van der Waals surface area (Å²) in [6, 6.07) is 2.06. The number of nitrogens with one attached hydrogen (secondary N) is 1. The van der Waals surface area contributed by atoms with Gasteiger partial charge in [-0.15, -0.1) is 11.3 Å². The van der Waals surface area contributed by atoms with Gasteiger partial charge in [0.1, 0.15) is 9.84 Å². The SMILES string of the molecule is Cc1sc(CNCCS(C)(=O)=O)cc1Br. The Morgan fingerprint density at radius 2 is 2.20 bits per heavy atom. The Balaban J connectivity index is 2.32. The van der Waals surface area contributed by atoms with Crippen LogP contribution in [0.5, 0.6) is 0 Å². The first kappa shape index (κ1) is 13.2. The Morgan fingerprint density at radius 1 is 1.53 bits per heavy atom. The van der Waals surface area contributed by atoms with Crippen molar-refractivity contribution in [2.75, 3.05) is 18.6 Å². The highest BCUT2D eigenvalue weighted by Crippen LogP contribution is 2.25. The Labute approximate surface area is 103 Å². The summed E-state index contributed by atoms with van der Waals surface area (Å²) in [5.74, 6) is 0.193. The molecule has 15 heavy (non-hydrogen) atoms. The third-order valence-electron chi connectivity index (χ3n) is 1.86. The lowest BCUT2D eigenvalue weighted by Gasteiger charge is -2.00. The highest BCUT2D eigenvalue weighted by molar-refractivity contribution is 9.10. The van der Waals surface area contributed by atoms with E-state index in [2.05, 4.69) is 34.2 Å². The van der Waals surface area contributed by atoms with Gasteiger partial charge in [0, 0.05) is 33.6 Å². The van der Waals surface area contributed by atoms with Crippen molar-refractivity contribution in [3.63, 3.8) is 0 Å². The first-order valence-electron chi connectivity index (χ1n) is 4.52. The topological polar surface area (TPSA) is 46.2 Å². The van der Waals surface area contributed by atoms with Gasteiger partial charge in [-0.1, -0.05) is 0 Å². The molecule has 1 aromatic rings. The molecule has 0 saturated heterocycles. The predicted molar refractivity (Wildman–Crippen MR) is 68.2 cm³/mol. The van der Waals surface area contributed by atoms with Crippen LogP contribution in [-0.4, -0.2) is 27.0 Å². The van der Waals surface area contributed by atoms with E-state index in [1.54, 1.807) is 11.3 Å². The van der Waals surface area contributed by atoms with Crippen LogP contribution < -0.4 is 5.32 Å². The Hall–Kier alpha value is 0.0900. The second kappa shape index (κ2) is 5.43. The van der Waals surface area contributed by atoms with Crippen LogP contribution >= 0.6 is 27.3 Å². The number of halogens is 1. The number of hydrogen-bond donors (Lipinski definition) is 1. The lowest BCUT2D eigenvalue weighted by molar-refractivity contribution is 0.596. The van der Waals surface area contributed by atoms with Crippen LogP contribution in [-0.2, 0) is 16.4 Å². The molecule has 6 heteroatoms. The molecule has 0 radical (unpaired) electrons. The molecule has 0 fully saturated rings. The van der Waals surface area contributed by atoms with Gasteiger partial charge in [-0.25, -0.2) is 8.42 Å². The largest absolute Gasteiger partial charge is 0.311 e. The van der Waals surface area contributed by atoms with E-state index in [9.17, 15) is 8.42 Å². The fraction of sp³-hybridized carbons (Fsp3) is 0.556. The van der Waals surface area contributed by atoms with E-state index in [1.807, 2.05) is 0 Å². The van der Waals surface area contributed by atoms with E-state index in [4.69, 9.17) is 0 Å². The maximum atomic E-state index is 10.9. The Bertz CT molecular complexity index is 406. The summed E-state index contributed by atoms with van der Waals surface area (Å²) in [6.07, 6.45) is 1.25. The second-order valence-electron chi connectivity index (χ2n) is 3.42. The lowest BCUT2D eigenvalue weighted by Crippen LogP contribution is -2.21. The molecule has 1 N–H and O–H groups in total. The summed E-state index contributed by atoms with van der Waals surface area (Å²) in [7, 11) is -2.85. The van der Waals surface area contributed by atoms with Gasteiger partial charge in [0.05, 0.1) is 5.75 Å². The van der Waals surface area contributed by atoms with Crippen molar-refractivity contribution >= 4 is 37.1 Å². The highest BCUT2D eigenvalue weighted by Gasteiger charge is 2.04. The zero-order valence-electron chi connectivity index (χ0n) is 8.71. The minimum atomic E-state index is -2.85. The summed E-state index contributed by atoms with van der Waals surface area (Å²) in [5.41, 5.74) is 0. The van der Waals surface area contributed by atoms with Crippen LogP contribution in [0.15, 0.2) is 10.5 Å². The van der Waals surface area contributed by atoms with Gasteiger partial charge < -0.3 is 5.32 Å². The molecule has 0 aliphatic heterocycles. The lowest BCUT2D eigenvalue weighted by atomic mass is 10.4. The summed E-state index contributed by atoms with van der Waals surface area (Å²) in [6.45, 7) is 3.29. The zero-order valence-corrected chi connectivity index (χ0v) is 11.9. The maximum Gasteiger partial charge on any atom is 0.148 e. The van der Waals surface area contributed by atoms with Crippen LogP contribution in [0.4, 0.5) is 0 Å². The van der Waals surface area contributed by atoms with Crippen molar-refractivity contribution in [1.82, 2.24) is 5.32 Å². The van der Waals surface area contributed by atoms with Gasteiger partial charge in [0.2, 0.25) is 0 Å². The minimum absolute atomic E-state index is 0.193. The van der Waals surface area contributed by atoms with E-state index < -0.39 is 9.84 Å². The fourth-order valence-corrected chi connectivity index (χ4v) is 3.16. The Kier molecular flexibility index (Phi) is 4.76. The molecule has 1 rings (SSSR count). The molecule has 0 aliphatic carbocycles. The van der Waals surface area contributed by atoms with Crippen LogP contribution in [0, 0.1) is 6.92 Å². The predicted octanol–water partition coefficient (Wildman–Crippen LogP) is 1.95. The van der Waals surface area contributed by atoms with Gasteiger partial charge in [-0.2, -0.15) is 0 Å². The normalized spacial score (nSPS) is 11.9. The van der Waals surface area contributed by atoms with E-state index in [1.165, 1.54) is 16.0 Å². The molecule has 0 aromatic carbocycles. The van der Waals surface area contributed by atoms with Gasteiger partial charge in [0.15, 0.2) is 0 Å². The number of thiophene rings is 1. The van der Waals surface area contributed by atoms with E-state index >= 15 is 0 Å². The average Bonchev–Trinajstić information content (AvgIpc) is 2.39. The standard InChI is InChI=1S/C9H14BrNO2S2/c1-7-9(10)5-8(14-7)6-11-3-4-15(2,12)13/h5,11H,3-4,6H2,1-2H3. The van der Waals surface area contributed by atoms with Crippen molar-refractivity contribution in [3.8, 4) is 0 Å². The van der Waals surface area contributed by atoms with Crippen molar-refractivity contribution in [1.29, 1.82) is 0 Å². The molecular weight excluding hydrogens is 298 g/mol. The number of rotatable bonds is 5. The fourth-order valence-electron chi connectivity index (χ4n) is 1.07. The van der Waals surface area contributed by atoms with Crippen LogP contribution in [0.3, 0.4) is 0 Å². The summed E-state index contributed by atoms with van der Waals surface area (Å²) >= 11 is 5.16. The molecule has 0 atom stereocenters. The minimum Gasteiger partial charge on any atom is -0.311 e. The van der Waals surface area contributed by atoms with E-state index in [0.29, 0.717) is 6.54 Å². The van der Waals surface area contributed by atoms with Crippen molar-refractivity contribution < 1.29 is 8.42 Å². The van der Waals surface area contributed by atoms with Gasteiger partial charge in [-0.3, -0.25) is 0 Å². The second-order valence-corrected chi connectivity index (χ2v) is 7.88. The molecule has 0 spiro atoms. The quantitative estimate of drug-likeness (QED) is 0.846. The molecule has 1 heterocycles. The first-order valence-corrected chi connectivity index (χ1v) is 8.19. The summed E-state index contributed by atoms with van der Waals surface area (Å²) < 4.78 is 22.8. The maximum absolute atomic E-state index is 10.9. The van der Waals surface area contributed by atoms with Gasteiger partial charge in [-0.05, 0) is 28.9 Å². The molecule has 1 aromatic heterocycles. The third-order valence-corrected chi connectivity index (χ3v) is 4.94. The zero-order chi connectivity index (χ0) is 11.5. The first-order chi connectivity index (χ1) is 6.88. The molecule has 3 nitrogen and oxygen atoms in total. The van der Waals surface area contributed by atoms with Gasteiger partial charge in [0.25, 0.3) is 0 Å². The van der Waals surface area contributed by atoms with Crippen molar-refractivity contribution in [2.24, 2.45) is 0 Å². The van der Waals surface area contributed by atoms with E-state index in [0.717, 1.165) is 11.0 Å². The third kappa shape index (κ3) is 5.10.